The average molecular weight is 316 g/mol. The Morgan fingerprint density at radius 3 is 2.68 bits per heavy atom. The van der Waals surface area contributed by atoms with E-state index in [0.717, 1.165) is 11.4 Å². The highest BCUT2D eigenvalue weighted by atomic mass is 35.5. The van der Waals surface area contributed by atoms with Gasteiger partial charge < -0.3 is 5.32 Å². The van der Waals surface area contributed by atoms with Gasteiger partial charge in [0.15, 0.2) is 5.69 Å². The summed E-state index contributed by atoms with van der Waals surface area (Å²) in [6.45, 7) is 1.86. The number of carbonyl (C=O) groups is 1. The molecular weight excluding hydrogens is 302 g/mol. The molecular formula is C15H14ClN5O. The van der Waals surface area contributed by atoms with Crippen molar-refractivity contribution in [3.63, 3.8) is 0 Å². The van der Waals surface area contributed by atoms with E-state index in [4.69, 9.17) is 11.6 Å². The number of benzene rings is 1. The summed E-state index contributed by atoms with van der Waals surface area (Å²) in [7, 11) is 1.77. The van der Waals surface area contributed by atoms with E-state index in [2.05, 4.69) is 15.5 Å². The van der Waals surface area contributed by atoms with Crippen molar-refractivity contribution in [3.05, 3.63) is 59.0 Å². The summed E-state index contributed by atoms with van der Waals surface area (Å²) >= 11 is 6.13. The lowest BCUT2D eigenvalue weighted by Gasteiger charge is -2.04. The van der Waals surface area contributed by atoms with Crippen LogP contribution in [0.1, 0.15) is 16.2 Å². The van der Waals surface area contributed by atoms with E-state index in [9.17, 15) is 4.79 Å². The van der Waals surface area contributed by atoms with E-state index in [0.29, 0.717) is 16.5 Å². The predicted octanol–water partition coefficient (Wildman–Crippen LogP) is 2.82. The van der Waals surface area contributed by atoms with Gasteiger partial charge in [-0.05, 0) is 25.1 Å². The van der Waals surface area contributed by atoms with Crippen LogP contribution in [0, 0.1) is 6.92 Å². The van der Waals surface area contributed by atoms with E-state index < -0.39 is 0 Å². The maximum absolute atomic E-state index is 12.2. The minimum atomic E-state index is -0.297. The molecule has 0 aliphatic rings. The van der Waals surface area contributed by atoms with Crippen molar-refractivity contribution in [1.29, 1.82) is 0 Å². The van der Waals surface area contributed by atoms with Gasteiger partial charge in [0.25, 0.3) is 5.91 Å². The minimum absolute atomic E-state index is 0.297. The molecule has 0 saturated carbocycles. The number of nitrogens with zero attached hydrogens (tertiary/aromatic N) is 4. The largest absolute Gasteiger partial charge is 0.305 e. The standard InChI is InChI=1S/C15H14ClN5O/c1-10-9-14(20(2)18-10)17-15(22)12-7-8-21(19-12)13-6-4-3-5-11(13)16/h3-9H,1-2H3,(H,17,22). The first-order chi connectivity index (χ1) is 10.5. The Bertz CT molecular complexity index is 836. The number of aryl methyl sites for hydroxylation is 2. The highest BCUT2D eigenvalue weighted by Crippen LogP contribution is 2.19. The quantitative estimate of drug-likeness (QED) is 0.808. The van der Waals surface area contributed by atoms with Crippen LogP contribution in [0.15, 0.2) is 42.6 Å². The van der Waals surface area contributed by atoms with Crippen molar-refractivity contribution in [2.75, 3.05) is 5.32 Å². The zero-order valence-electron chi connectivity index (χ0n) is 12.1. The first-order valence-electron chi connectivity index (χ1n) is 6.67. The van der Waals surface area contributed by atoms with Crippen LogP contribution in [-0.4, -0.2) is 25.5 Å². The highest BCUT2D eigenvalue weighted by Gasteiger charge is 2.13. The van der Waals surface area contributed by atoms with E-state index >= 15 is 0 Å². The fourth-order valence-electron chi connectivity index (χ4n) is 2.12. The lowest BCUT2D eigenvalue weighted by Crippen LogP contribution is -2.15. The van der Waals surface area contributed by atoms with Crippen molar-refractivity contribution < 1.29 is 4.79 Å². The first kappa shape index (κ1) is 14.3. The van der Waals surface area contributed by atoms with E-state index in [-0.39, 0.29) is 5.91 Å². The summed E-state index contributed by atoms with van der Waals surface area (Å²) in [5.74, 6) is 0.323. The van der Waals surface area contributed by atoms with Gasteiger partial charge in [0.05, 0.1) is 16.4 Å². The van der Waals surface area contributed by atoms with Crippen LogP contribution in [0.2, 0.25) is 5.02 Å². The number of hydrogen-bond donors (Lipinski definition) is 1. The second-order valence-corrected chi connectivity index (χ2v) is 5.25. The summed E-state index contributed by atoms with van der Waals surface area (Å²) in [6.07, 6.45) is 1.70. The van der Waals surface area contributed by atoms with Crippen molar-refractivity contribution in [3.8, 4) is 5.69 Å². The van der Waals surface area contributed by atoms with Crippen molar-refractivity contribution >= 4 is 23.3 Å². The van der Waals surface area contributed by atoms with Gasteiger partial charge in [-0.1, -0.05) is 23.7 Å². The normalized spacial score (nSPS) is 10.7. The summed E-state index contributed by atoms with van der Waals surface area (Å²) in [6, 6.07) is 10.7. The summed E-state index contributed by atoms with van der Waals surface area (Å²) in [5.41, 5.74) is 1.86. The molecule has 3 rings (SSSR count). The highest BCUT2D eigenvalue weighted by molar-refractivity contribution is 6.32. The van der Waals surface area contributed by atoms with Crippen LogP contribution in [-0.2, 0) is 7.05 Å². The molecule has 1 amide bonds. The van der Waals surface area contributed by atoms with E-state index in [1.807, 2.05) is 25.1 Å². The fourth-order valence-corrected chi connectivity index (χ4v) is 2.35. The monoisotopic (exact) mass is 315 g/mol. The molecule has 22 heavy (non-hydrogen) atoms. The summed E-state index contributed by atoms with van der Waals surface area (Å²) in [4.78, 5) is 12.2. The zero-order valence-corrected chi connectivity index (χ0v) is 12.9. The number of hydrogen-bond acceptors (Lipinski definition) is 3. The molecule has 1 N–H and O–H groups in total. The maximum atomic E-state index is 12.2. The lowest BCUT2D eigenvalue weighted by molar-refractivity contribution is 0.102. The summed E-state index contributed by atoms with van der Waals surface area (Å²) < 4.78 is 3.18. The molecule has 0 bridgehead atoms. The number of halogens is 1. The Hall–Kier alpha value is -2.60. The van der Waals surface area contributed by atoms with Gasteiger partial charge >= 0.3 is 0 Å². The molecule has 0 atom stereocenters. The first-order valence-corrected chi connectivity index (χ1v) is 7.05. The number of amides is 1. The number of para-hydroxylation sites is 1. The molecule has 3 aromatic rings. The molecule has 0 fully saturated rings. The lowest BCUT2D eigenvalue weighted by atomic mass is 10.3. The van der Waals surface area contributed by atoms with Gasteiger partial charge in [-0.2, -0.15) is 10.2 Å². The number of carbonyl (C=O) groups excluding carboxylic acids is 1. The van der Waals surface area contributed by atoms with Gasteiger partial charge in [-0.15, -0.1) is 0 Å². The number of aromatic nitrogens is 4. The molecule has 7 heteroatoms. The molecule has 0 aliphatic carbocycles. The zero-order chi connectivity index (χ0) is 15.7. The van der Waals surface area contributed by atoms with Gasteiger partial charge in [-0.25, -0.2) is 4.68 Å². The Labute approximate surface area is 132 Å². The molecule has 2 heterocycles. The van der Waals surface area contributed by atoms with Crippen molar-refractivity contribution in [2.45, 2.75) is 6.92 Å². The molecule has 1 aromatic carbocycles. The van der Waals surface area contributed by atoms with Crippen LogP contribution >= 0.6 is 11.6 Å². The Morgan fingerprint density at radius 1 is 1.23 bits per heavy atom. The number of nitrogens with one attached hydrogen (secondary N) is 1. The third-order valence-electron chi connectivity index (χ3n) is 3.16. The molecule has 0 saturated heterocycles. The van der Waals surface area contributed by atoms with E-state index in [1.54, 1.807) is 40.8 Å². The third kappa shape index (κ3) is 2.73. The Kier molecular flexibility index (Phi) is 3.68. The molecule has 6 nitrogen and oxygen atoms in total. The topological polar surface area (TPSA) is 64.7 Å². The molecule has 0 radical (unpaired) electrons. The smallest absolute Gasteiger partial charge is 0.277 e. The minimum Gasteiger partial charge on any atom is -0.305 e. The molecule has 112 valence electrons. The molecule has 0 aliphatic heterocycles. The molecule has 2 aromatic heterocycles. The molecule has 0 spiro atoms. The van der Waals surface area contributed by atoms with Crippen LogP contribution in [0.25, 0.3) is 5.69 Å². The second-order valence-electron chi connectivity index (χ2n) is 4.85. The van der Waals surface area contributed by atoms with Gasteiger partial charge in [0, 0.05) is 19.3 Å². The number of anilines is 1. The second kappa shape index (κ2) is 5.65. The van der Waals surface area contributed by atoms with Crippen LogP contribution in [0.5, 0.6) is 0 Å². The van der Waals surface area contributed by atoms with Gasteiger partial charge in [-0.3, -0.25) is 9.48 Å². The van der Waals surface area contributed by atoms with E-state index in [1.165, 1.54) is 0 Å². The summed E-state index contributed by atoms with van der Waals surface area (Å²) in [5, 5.41) is 11.8. The van der Waals surface area contributed by atoms with Crippen molar-refractivity contribution in [1.82, 2.24) is 19.6 Å². The predicted molar refractivity (Wildman–Crippen MR) is 84.5 cm³/mol. The van der Waals surface area contributed by atoms with Crippen LogP contribution in [0.3, 0.4) is 0 Å². The average Bonchev–Trinajstić information content (AvgIpc) is 3.07. The van der Waals surface area contributed by atoms with Crippen molar-refractivity contribution in [2.24, 2.45) is 7.05 Å². The SMILES string of the molecule is Cc1cc(NC(=O)c2ccn(-c3ccccc3Cl)n2)n(C)n1. The Balaban J connectivity index is 1.83. The molecule has 0 unspecified atom stereocenters. The van der Waals surface area contributed by atoms with Crippen LogP contribution in [0.4, 0.5) is 5.82 Å². The van der Waals surface area contributed by atoms with Gasteiger partial charge in [0.1, 0.15) is 5.82 Å². The van der Waals surface area contributed by atoms with Crippen LogP contribution < -0.4 is 5.32 Å². The third-order valence-corrected chi connectivity index (χ3v) is 3.48. The maximum Gasteiger partial charge on any atom is 0.277 e. The van der Waals surface area contributed by atoms with Gasteiger partial charge in [0.2, 0.25) is 0 Å². The fraction of sp³-hybridized carbons (Fsp3) is 0.133. The Morgan fingerprint density at radius 2 is 2.00 bits per heavy atom. The number of rotatable bonds is 3.